The van der Waals surface area contributed by atoms with Gasteiger partial charge in [-0.25, -0.2) is 0 Å². The average Bonchev–Trinajstić information content (AvgIpc) is 3.15. The van der Waals surface area contributed by atoms with Gasteiger partial charge in [0.05, 0.1) is 5.92 Å². The fourth-order valence-electron chi connectivity index (χ4n) is 3.05. The van der Waals surface area contributed by atoms with Gasteiger partial charge in [0.1, 0.15) is 0 Å². The van der Waals surface area contributed by atoms with E-state index in [2.05, 4.69) is 10.6 Å². The lowest BCUT2D eigenvalue weighted by molar-refractivity contribution is -0.126. The van der Waals surface area contributed by atoms with Crippen LogP contribution in [0, 0.1) is 5.92 Å². The van der Waals surface area contributed by atoms with Crippen LogP contribution in [0.3, 0.4) is 0 Å². The lowest BCUT2D eigenvalue weighted by atomic mass is 10.1. The van der Waals surface area contributed by atoms with Gasteiger partial charge in [0, 0.05) is 36.3 Å². The fourth-order valence-corrected chi connectivity index (χ4v) is 3.18. The molecule has 2 N–H and O–H groups in total. The minimum atomic E-state index is -0.274. The average molecular weight is 358 g/mol. The minimum Gasteiger partial charge on any atom is -0.354 e. The Bertz CT molecular complexity index is 559. The Hall–Kier alpha value is -1.30. The molecule has 7 heteroatoms. The summed E-state index contributed by atoms with van der Waals surface area (Å²) >= 11 is 5.86. The molecule has 0 bridgehead atoms. The number of hydrogen-bond acceptors (Lipinski definition) is 3. The molecule has 2 amide bonds. The molecule has 0 aliphatic carbocycles. The highest BCUT2D eigenvalue weighted by molar-refractivity contribution is 6.30. The topological polar surface area (TPSA) is 61.4 Å². The van der Waals surface area contributed by atoms with E-state index in [0.717, 1.165) is 25.1 Å². The van der Waals surface area contributed by atoms with E-state index < -0.39 is 0 Å². The Balaban J connectivity index is 0.00000192. The SMILES string of the molecule is Cl.O=C(NCC1CCCN1)C1CC(=O)N(c2ccc(Cl)cc2)C1. The van der Waals surface area contributed by atoms with Crippen molar-refractivity contribution in [2.75, 3.05) is 24.5 Å². The maximum atomic E-state index is 12.2. The highest BCUT2D eigenvalue weighted by atomic mass is 35.5. The van der Waals surface area contributed by atoms with Crippen molar-refractivity contribution in [3.8, 4) is 0 Å². The summed E-state index contributed by atoms with van der Waals surface area (Å²) < 4.78 is 0. The van der Waals surface area contributed by atoms with Crippen LogP contribution in [-0.2, 0) is 9.59 Å². The number of carbonyl (C=O) groups is 2. The van der Waals surface area contributed by atoms with E-state index >= 15 is 0 Å². The normalized spacial score (nSPS) is 23.7. The van der Waals surface area contributed by atoms with Crippen LogP contribution in [0.4, 0.5) is 5.69 Å². The number of halogens is 2. The summed E-state index contributed by atoms with van der Waals surface area (Å²) in [6.07, 6.45) is 2.53. The van der Waals surface area contributed by atoms with Gasteiger partial charge >= 0.3 is 0 Å². The van der Waals surface area contributed by atoms with E-state index in [1.54, 1.807) is 17.0 Å². The second-order valence-electron chi connectivity index (χ2n) is 5.92. The summed E-state index contributed by atoms with van der Waals surface area (Å²) in [5.41, 5.74) is 0.794. The van der Waals surface area contributed by atoms with E-state index in [-0.39, 0.29) is 36.6 Å². The van der Waals surface area contributed by atoms with Gasteiger partial charge in [-0.2, -0.15) is 0 Å². The quantitative estimate of drug-likeness (QED) is 0.865. The summed E-state index contributed by atoms with van der Waals surface area (Å²) in [5.74, 6) is -0.315. The number of hydrogen-bond donors (Lipinski definition) is 2. The van der Waals surface area contributed by atoms with Crippen molar-refractivity contribution < 1.29 is 9.59 Å². The molecule has 23 heavy (non-hydrogen) atoms. The van der Waals surface area contributed by atoms with Crippen LogP contribution in [0.15, 0.2) is 24.3 Å². The molecule has 2 aliphatic rings. The third-order valence-corrected chi connectivity index (χ3v) is 4.57. The summed E-state index contributed by atoms with van der Waals surface area (Å²) in [4.78, 5) is 26.0. The van der Waals surface area contributed by atoms with Crippen molar-refractivity contribution in [1.82, 2.24) is 10.6 Å². The zero-order chi connectivity index (χ0) is 15.5. The van der Waals surface area contributed by atoms with Gasteiger partial charge in [-0.3, -0.25) is 9.59 Å². The molecular formula is C16H21Cl2N3O2. The molecule has 0 spiro atoms. The number of anilines is 1. The van der Waals surface area contributed by atoms with Crippen LogP contribution in [0.1, 0.15) is 19.3 Å². The van der Waals surface area contributed by atoms with Crippen molar-refractivity contribution in [1.29, 1.82) is 0 Å². The minimum absolute atomic E-state index is 0. The summed E-state index contributed by atoms with van der Waals surface area (Å²) in [7, 11) is 0. The van der Waals surface area contributed by atoms with E-state index in [9.17, 15) is 9.59 Å². The van der Waals surface area contributed by atoms with Crippen LogP contribution in [0.5, 0.6) is 0 Å². The highest BCUT2D eigenvalue weighted by Gasteiger charge is 2.35. The van der Waals surface area contributed by atoms with Crippen LogP contribution in [0.25, 0.3) is 0 Å². The molecule has 1 aromatic rings. The zero-order valence-electron chi connectivity index (χ0n) is 12.8. The van der Waals surface area contributed by atoms with Gasteiger partial charge in [0.25, 0.3) is 0 Å². The molecular weight excluding hydrogens is 337 g/mol. The van der Waals surface area contributed by atoms with Gasteiger partial charge in [0.15, 0.2) is 0 Å². The molecule has 126 valence electrons. The second kappa shape index (κ2) is 7.99. The van der Waals surface area contributed by atoms with E-state index in [0.29, 0.717) is 24.2 Å². The number of nitrogens with one attached hydrogen (secondary N) is 2. The molecule has 0 radical (unpaired) electrons. The molecule has 0 aromatic heterocycles. The Labute approximate surface area is 147 Å². The third-order valence-electron chi connectivity index (χ3n) is 4.32. The Kier molecular flexibility index (Phi) is 6.27. The predicted octanol–water partition coefficient (Wildman–Crippen LogP) is 1.98. The number of nitrogens with zero attached hydrogens (tertiary/aromatic N) is 1. The molecule has 1 aromatic carbocycles. The van der Waals surface area contributed by atoms with Crippen molar-refractivity contribution in [3.05, 3.63) is 29.3 Å². The molecule has 2 aliphatic heterocycles. The highest BCUT2D eigenvalue weighted by Crippen LogP contribution is 2.26. The lowest BCUT2D eigenvalue weighted by Gasteiger charge is -2.17. The van der Waals surface area contributed by atoms with Gasteiger partial charge in [-0.15, -0.1) is 12.4 Å². The molecule has 2 heterocycles. The van der Waals surface area contributed by atoms with Gasteiger partial charge in [-0.05, 0) is 43.7 Å². The maximum absolute atomic E-state index is 12.2. The molecule has 2 atom stereocenters. The molecule has 3 rings (SSSR count). The van der Waals surface area contributed by atoms with Crippen LogP contribution < -0.4 is 15.5 Å². The van der Waals surface area contributed by atoms with Crippen LogP contribution in [-0.4, -0.2) is 37.5 Å². The second-order valence-corrected chi connectivity index (χ2v) is 6.36. The van der Waals surface area contributed by atoms with Gasteiger partial charge < -0.3 is 15.5 Å². The fraction of sp³-hybridized carbons (Fsp3) is 0.500. The maximum Gasteiger partial charge on any atom is 0.227 e. The van der Waals surface area contributed by atoms with Crippen molar-refractivity contribution in [3.63, 3.8) is 0 Å². The van der Waals surface area contributed by atoms with E-state index in [1.807, 2.05) is 12.1 Å². The first-order valence-corrected chi connectivity index (χ1v) is 8.08. The summed E-state index contributed by atoms with van der Waals surface area (Å²) in [5, 5.41) is 6.95. The lowest BCUT2D eigenvalue weighted by Crippen LogP contribution is -2.40. The van der Waals surface area contributed by atoms with Crippen molar-refractivity contribution in [2.45, 2.75) is 25.3 Å². The number of carbonyl (C=O) groups excluding carboxylic acids is 2. The first-order valence-electron chi connectivity index (χ1n) is 7.70. The smallest absolute Gasteiger partial charge is 0.227 e. The molecule has 2 fully saturated rings. The van der Waals surface area contributed by atoms with Gasteiger partial charge in [-0.1, -0.05) is 11.6 Å². The monoisotopic (exact) mass is 357 g/mol. The zero-order valence-corrected chi connectivity index (χ0v) is 14.3. The largest absolute Gasteiger partial charge is 0.354 e. The number of benzene rings is 1. The third kappa shape index (κ3) is 4.37. The number of rotatable bonds is 4. The Morgan fingerprint density at radius 3 is 2.74 bits per heavy atom. The van der Waals surface area contributed by atoms with E-state index in [1.165, 1.54) is 0 Å². The summed E-state index contributed by atoms with van der Waals surface area (Å²) in [6.45, 7) is 2.10. The molecule has 2 unspecified atom stereocenters. The van der Waals surface area contributed by atoms with Crippen LogP contribution in [0.2, 0.25) is 5.02 Å². The first kappa shape index (κ1) is 18.0. The van der Waals surface area contributed by atoms with Crippen molar-refractivity contribution >= 4 is 41.5 Å². The standard InChI is InChI=1S/C16H20ClN3O2.ClH/c17-12-3-5-14(6-4-12)20-10-11(8-15(20)21)16(22)19-9-13-2-1-7-18-13;/h3-6,11,13,18H,1-2,7-10H2,(H,19,22);1H. The number of amides is 2. The molecule has 2 saturated heterocycles. The van der Waals surface area contributed by atoms with Crippen LogP contribution >= 0.6 is 24.0 Å². The first-order chi connectivity index (χ1) is 10.6. The van der Waals surface area contributed by atoms with Gasteiger partial charge in [0.2, 0.25) is 11.8 Å². The molecule has 0 saturated carbocycles. The molecule has 5 nitrogen and oxygen atoms in total. The Morgan fingerprint density at radius 2 is 2.09 bits per heavy atom. The van der Waals surface area contributed by atoms with Crippen molar-refractivity contribution in [2.24, 2.45) is 5.92 Å². The van der Waals surface area contributed by atoms with E-state index in [4.69, 9.17) is 11.6 Å². The predicted molar refractivity (Wildman–Crippen MR) is 93.2 cm³/mol. The summed E-state index contributed by atoms with van der Waals surface area (Å²) in [6, 6.07) is 7.49. The Morgan fingerprint density at radius 1 is 1.35 bits per heavy atom.